The number of ketones is 1. The van der Waals surface area contributed by atoms with Gasteiger partial charge in [-0.15, -0.1) is 0 Å². The average molecular weight is 410 g/mol. The van der Waals surface area contributed by atoms with E-state index in [9.17, 15) is 4.79 Å². The van der Waals surface area contributed by atoms with Crippen LogP contribution in [-0.2, 0) is 19.4 Å². The minimum atomic E-state index is -0.126. The molecular formula is C26H22N2O3. The summed E-state index contributed by atoms with van der Waals surface area (Å²) in [6, 6.07) is 21.8. The number of nitrogens with zero attached hydrogens (tertiary/aromatic N) is 2. The minimum absolute atomic E-state index is 0.0442. The number of oxazole rings is 1. The summed E-state index contributed by atoms with van der Waals surface area (Å²) in [5.41, 5.74) is 4.25. The molecule has 1 aliphatic rings. The van der Waals surface area contributed by atoms with Crippen LogP contribution in [0.5, 0.6) is 5.75 Å². The van der Waals surface area contributed by atoms with E-state index < -0.39 is 0 Å². The average Bonchev–Trinajstić information content (AvgIpc) is 3.33. The normalized spacial score (nSPS) is 15.3. The summed E-state index contributed by atoms with van der Waals surface area (Å²) in [7, 11) is 0. The monoisotopic (exact) mass is 410 g/mol. The van der Waals surface area contributed by atoms with E-state index in [4.69, 9.17) is 9.15 Å². The molecule has 1 atom stereocenters. The summed E-state index contributed by atoms with van der Waals surface area (Å²) in [6.45, 7) is 0.545. The number of aromatic nitrogens is 2. The molecule has 2 aromatic heterocycles. The first-order valence-electron chi connectivity index (χ1n) is 10.5. The summed E-state index contributed by atoms with van der Waals surface area (Å²) in [5.74, 6) is 1.37. The zero-order valence-electron chi connectivity index (χ0n) is 17.0. The van der Waals surface area contributed by atoms with Crippen molar-refractivity contribution < 1.29 is 13.9 Å². The van der Waals surface area contributed by atoms with Gasteiger partial charge in [-0.05, 0) is 60.2 Å². The van der Waals surface area contributed by atoms with Crippen LogP contribution in [0.25, 0.3) is 11.5 Å². The van der Waals surface area contributed by atoms with Crippen LogP contribution in [0.3, 0.4) is 0 Å². The second kappa shape index (κ2) is 8.56. The number of hydrogen-bond acceptors (Lipinski definition) is 5. The van der Waals surface area contributed by atoms with Gasteiger partial charge in [-0.25, -0.2) is 4.98 Å². The second-order valence-corrected chi connectivity index (χ2v) is 7.75. The van der Waals surface area contributed by atoms with Gasteiger partial charge in [-0.2, -0.15) is 0 Å². The van der Waals surface area contributed by atoms with Gasteiger partial charge in [-0.1, -0.05) is 42.5 Å². The molecule has 0 aliphatic heterocycles. The first-order valence-corrected chi connectivity index (χ1v) is 10.5. The molecule has 5 rings (SSSR count). The first kappa shape index (κ1) is 19.2. The molecular weight excluding hydrogens is 388 g/mol. The maximum atomic E-state index is 13.0. The standard InChI is InChI=1S/C26H22N2O3/c29-25(26-28-16-24(31-26)23-8-4-5-13-27-23)21-10-9-20-15-22(12-11-19(20)14-21)30-17-18-6-2-1-3-7-18/h1-8,11-13,15-16,21H,9-10,14,17H2/t21-/m0/s1. The smallest absolute Gasteiger partial charge is 0.264 e. The number of rotatable bonds is 6. The van der Waals surface area contributed by atoms with Crippen LogP contribution in [0.1, 0.15) is 33.8 Å². The van der Waals surface area contributed by atoms with Gasteiger partial charge in [0.05, 0.1) is 6.20 Å². The van der Waals surface area contributed by atoms with Crippen molar-refractivity contribution in [1.82, 2.24) is 9.97 Å². The number of benzene rings is 2. The SMILES string of the molecule is O=C(c1ncc(-c2ccccn2)o1)[C@H]1CCc2cc(OCc3ccccc3)ccc2C1. The molecule has 31 heavy (non-hydrogen) atoms. The fourth-order valence-electron chi connectivity index (χ4n) is 3.98. The molecule has 0 saturated heterocycles. The summed E-state index contributed by atoms with van der Waals surface area (Å²) in [4.78, 5) is 21.4. The van der Waals surface area contributed by atoms with Crippen LogP contribution < -0.4 is 4.74 Å². The number of aryl methyl sites for hydroxylation is 1. The molecule has 2 aromatic carbocycles. The van der Waals surface area contributed by atoms with E-state index in [-0.39, 0.29) is 17.6 Å². The second-order valence-electron chi connectivity index (χ2n) is 7.75. The number of carbonyl (C=O) groups excluding carboxylic acids is 1. The maximum Gasteiger partial charge on any atom is 0.264 e. The van der Waals surface area contributed by atoms with E-state index in [1.165, 1.54) is 11.1 Å². The fraction of sp³-hybridized carbons (Fsp3) is 0.192. The van der Waals surface area contributed by atoms with Crippen molar-refractivity contribution in [1.29, 1.82) is 0 Å². The molecule has 5 nitrogen and oxygen atoms in total. The van der Waals surface area contributed by atoms with E-state index in [2.05, 4.69) is 34.2 Å². The Morgan fingerprint density at radius 2 is 1.87 bits per heavy atom. The lowest BCUT2D eigenvalue weighted by Crippen LogP contribution is -2.23. The molecule has 0 saturated carbocycles. The topological polar surface area (TPSA) is 65.2 Å². The summed E-state index contributed by atoms with van der Waals surface area (Å²) < 4.78 is 11.7. The van der Waals surface area contributed by atoms with Crippen LogP contribution in [0.4, 0.5) is 0 Å². The summed E-state index contributed by atoms with van der Waals surface area (Å²) >= 11 is 0. The Morgan fingerprint density at radius 3 is 2.71 bits per heavy atom. The molecule has 5 heteroatoms. The number of hydrogen-bond donors (Lipinski definition) is 0. The van der Waals surface area contributed by atoms with Crippen molar-refractivity contribution in [3.8, 4) is 17.2 Å². The van der Waals surface area contributed by atoms with E-state index in [1.807, 2.05) is 42.5 Å². The molecule has 0 unspecified atom stereocenters. The first-order chi connectivity index (χ1) is 15.3. The van der Waals surface area contributed by atoms with Crippen LogP contribution >= 0.6 is 0 Å². The Balaban J connectivity index is 1.25. The molecule has 0 amide bonds. The third kappa shape index (κ3) is 4.26. The lowest BCUT2D eigenvalue weighted by Gasteiger charge is -2.23. The van der Waals surface area contributed by atoms with E-state index in [1.54, 1.807) is 12.4 Å². The Labute approximate surface area is 180 Å². The predicted molar refractivity (Wildman–Crippen MR) is 117 cm³/mol. The number of ether oxygens (including phenoxy) is 1. The third-order valence-corrected chi connectivity index (χ3v) is 5.66. The third-order valence-electron chi connectivity index (χ3n) is 5.66. The van der Waals surface area contributed by atoms with Crippen LogP contribution in [-0.4, -0.2) is 15.8 Å². The lowest BCUT2D eigenvalue weighted by atomic mass is 9.81. The van der Waals surface area contributed by atoms with Gasteiger partial charge >= 0.3 is 0 Å². The van der Waals surface area contributed by atoms with Gasteiger partial charge in [0.2, 0.25) is 5.78 Å². The Kier molecular flexibility index (Phi) is 5.31. The number of fused-ring (bicyclic) bond motifs is 1. The van der Waals surface area contributed by atoms with E-state index >= 15 is 0 Å². The molecule has 4 aromatic rings. The number of carbonyl (C=O) groups is 1. The maximum absolute atomic E-state index is 13.0. The Morgan fingerprint density at radius 1 is 1.00 bits per heavy atom. The summed E-state index contributed by atoms with van der Waals surface area (Å²) in [5, 5.41) is 0. The van der Waals surface area contributed by atoms with Crippen LogP contribution in [0.2, 0.25) is 0 Å². The molecule has 0 radical (unpaired) electrons. The lowest BCUT2D eigenvalue weighted by molar-refractivity contribution is 0.0873. The molecule has 0 bridgehead atoms. The van der Waals surface area contributed by atoms with Crippen molar-refractivity contribution in [2.24, 2.45) is 5.92 Å². The quantitative estimate of drug-likeness (QED) is 0.403. The van der Waals surface area contributed by atoms with Gasteiger partial charge in [0, 0.05) is 12.1 Å². The van der Waals surface area contributed by atoms with Gasteiger partial charge in [0.1, 0.15) is 18.1 Å². The highest BCUT2D eigenvalue weighted by Gasteiger charge is 2.29. The molecule has 0 fully saturated rings. The Hall–Kier alpha value is -3.73. The predicted octanol–water partition coefficient (Wildman–Crippen LogP) is 5.30. The fourth-order valence-corrected chi connectivity index (χ4v) is 3.98. The van der Waals surface area contributed by atoms with Gasteiger partial charge < -0.3 is 9.15 Å². The van der Waals surface area contributed by atoms with Crippen molar-refractivity contribution >= 4 is 5.78 Å². The largest absolute Gasteiger partial charge is 0.489 e. The van der Waals surface area contributed by atoms with E-state index in [0.29, 0.717) is 24.5 Å². The van der Waals surface area contributed by atoms with Gasteiger partial charge in [-0.3, -0.25) is 9.78 Å². The van der Waals surface area contributed by atoms with Gasteiger partial charge in [0.15, 0.2) is 5.76 Å². The highest BCUT2D eigenvalue weighted by atomic mass is 16.5. The molecule has 0 spiro atoms. The zero-order valence-corrected chi connectivity index (χ0v) is 17.0. The minimum Gasteiger partial charge on any atom is -0.489 e. The van der Waals surface area contributed by atoms with Crippen molar-refractivity contribution in [2.75, 3.05) is 0 Å². The number of pyridine rings is 1. The van der Waals surface area contributed by atoms with Crippen molar-refractivity contribution in [3.63, 3.8) is 0 Å². The molecule has 154 valence electrons. The summed E-state index contributed by atoms with van der Waals surface area (Å²) in [6.07, 6.45) is 5.56. The van der Waals surface area contributed by atoms with Crippen molar-refractivity contribution in [3.05, 3.63) is 102 Å². The number of Topliss-reactive ketones (excluding diaryl/α,β-unsaturated/α-hetero) is 1. The highest BCUT2D eigenvalue weighted by Crippen LogP contribution is 2.31. The highest BCUT2D eigenvalue weighted by molar-refractivity contribution is 5.94. The molecule has 1 aliphatic carbocycles. The van der Waals surface area contributed by atoms with E-state index in [0.717, 1.165) is 24.2 Å². The molecule has 0 N–H and O–H groups in total. The molecule has 2 heterocycles. The van der Waals surface area contributed by atoms with Crippen LogP contribution in [0, 0.1) is 5.92 Å². The van der Waals surface area contributed by atoms with Crippen LogP contribution in [0.15, 0.2) is 83.5 Å². The Bertz CT molecular complexity index is 1190. The zero-order chi connectivity index (χ0) is 21.0. The van der Waals surface area contributed by atoms with Gasteiger partial charge in [0.25, 0.3) is 5.89 Å². The van der Waals surface area contributed by atoms with Crippen molar-refractivity contribution in [2.45, 2.75) is 25.9 Å².